The van der Waals surface area contributed by atoms with E-state index in [4.69, 9.17) is 4.18 Å². The van der Waals surface area contributed by atoms with Crippen LogP contribution in [0, 0.1) is 39.0 Å². The van der Waals surface area contributed by atoms with Crippen molar-refractivity contribution in [2.24, 2.45) is 11.8 Å². The number of non-ortho nitro benzene ring substituents is 2. The Morgan fingerprint density at radius 3 is 1.51 bits per heavy atom. The highest BCUT2D eigenvalue weighted by molar-refractivity contribution is 7.86. The van der Waals surface area contributed by atoms with E-state index in [-0.39, 0.29) is 38.9 Å². The zero-order chi connectivity index (χ0) is 27.6. The average molecular weight is 549 g/mol. The maximum atomic E-state index is 13.3. The first kappa shape index (κ1) is 25.6. The van der Waals surface area contributed by atoms with Gasteiger partial charge in [-0.1, -0.05) is 42.0 Å². The first-order valence-electron chi connectivity index (χ1n) is 13.0. The molecular formula is C29H28N2O7S. The molecule has 0 amide bonds. The van der Waals surface area contributed by atoms with Crippen LogP contribution in [-0.2, 0) is 25.1 Å². The Balaban J connectivity index is 1.38. The molecule has 7 rings (SSSR count). The number of hydrogen-bond acceptors (Lipinski definition) is 7. The van der Waals surface area contributed by atoms with Crippen molar-refractivity contribution in [3.63, 3.8) is 0 Å². The lowest BCUT2D eigenvalue weighted by molar-refractivity contribution is -0.385. The van der Waals surface area contributed by atoms with E-state index >= 15 is 0 Å². The van der Waals surface area contributed by atoms with Gasteiger partial charge in [0.1, 0.15) is 0 Å². The predicted molar refractivity (Wildman–Crippen MR) is 143 cm³/mol. The van der Waals surface area contributed by atoms with Crippen molar-refractivity contribution in [2.45, 2.75) is 60.9 Å². The molecule has 4 aliphatic carbocycles. The number of benzene rings is 3. The van der Waals surface area contributed by atoms with Gasteiger partial charge in [-0.25, -0.2) is 0 Å². The fourth-order valence-corrected chi connectivity index (χ4v) is 8.90. The second-order valence-corrected chi connectivity index (χ2v) is 13.1. The van der Waals surface area contributed by atoms with Gasteiger partial charge < -0.3 is 0 Å². The lowest BCUT2D eigenvalue weighted by Crippen LogP contribution is -2.62. The van der Waals surface area contributed by atoms with Crippen molar-refractivity contribution >= 4 is 21.5 Å². The predicted octanol–water partition coefficient (Wildman–Crippen LogP) is 5.99. The van der Waals surface area contributed by atoms with Gasteiger partial charge in [0.05, 0.1) is 20.8 Å². The van der Waals surface area contributed by atoms with E-state index in [2.05, 4.69) is 0 Å². The van der Waals surface area contributed by atoms with Crippen LogP contribution in [0.3, 0.4) is 0 Å². The van der Waals surface area contributed by atoms with Crippen LogP contribution in [0.25, 0.3) is 0 Å². The van der Waals surface area contributed by atoms with Crippen LogP contribution in [0.5, 0.6) is 0 Å². The molecule has 4 aliphatic rings. The summed E-state index contributed by atoms with van der Waals surface area (Å²) in [5.74, 6) is -0.117. The standard InChI is InChI=1S/C29H28N2O7S/c1-19-2-12-26(13-3-19)39(36,37)38-27-20-14-28(22-4-8-24(9-5-22)30(32)33)15-21(27)17-29(16-20,18-28)23-6-10-25(11-7-23)31(34)35/h2-13,20-21,27H,14-18H2,1H3. The molecule has 4 bridgehead atoms. The van der Waals surface area contributed by atoms with Gasteiger partial charge in [-0.2, -0.15) is 8.42 Å². The fraction of sp³-hybridized carbons (Fsp3) is 0.379. The molecule has 4 fully saturated rings. The van der Waals surface area contributed by atoms with Crippen molar-refractivity contribution in [3.05, 3.63) is 110 Å². The van der Waals surface area contributed by atoms with E-state index in [0.29, 0.717) is 25.7 Å². The van der Waals surface area contributed by atoms with E-state index < -0.39 is 26.1 Å². The molecule has 202 valence electrons. The third-order valence-corrected chi connectivity index (χ3v) is 10.5. The highest BCUT2D eigenvalue weighted by Crippen LogP contribution is 2.67. The van der Waals surface area contributed by atoms with Crippen LogP contribution in [-0.4, -0.2) is 24.4 Å². The summed E-state index contributed by atoms with van der Waals surface area (Å²) in [7, 11) is -3.97. The van der Waals surface area contributed by atoms with Gasteiger partial charge in [-0.15, -0.1) is 0 Å². The Morgan fingerprint density at radius 2 is 1.13 bits per heavy atom. The van der Waals surface area contributed by atoms with Gasteiger partial charge in [-0.05, 0) is 85.0 Å². The second kappa shape index (κ2) is 8.96. The van der Waals surface area contributed by atoms with Gasteiger partial charge >= 0.3 is 0 Å². The van der Waals surface area contributed by atoms with Crippen LogP contribution in [0.15, 0.2) is 77.7 Å². The highest BCUT2D eigenvalue weighted by atomic mass is 32.2. The smallest absolute Gasteiger partial charge is 0.262 e. The summed E-state index contributed by atoms with van der Waals surface area (Å²) in [6.07, 6.45) is 3.16. The Bertz CT molecular complexity index is 1460. The monoisotopic (exact) mass is 548 g/mol. The van der Waals surface area contributed by atoms with Crippen molar-refractivity contribution in [2.75, 3.05) is 0 Å². The summed E-state index contributed by atoms with van der Waals surface area (Å²) in [5.41, 5.74) is 2.44. The Morgan fingerprint density at radius 1 is 0.718 bits per heavy atom. The number of aryl methyl sites for hydroxylation is 1. The maximum Gasteiger partial charge on any atom is 0.297 e. The normalized spacial score (nSPS) is 29.3. The molecule has 0 heterocycles. The van der Waals surface area contributed by atoms with Crippen LogP contribution < -0.4 is 0 Å². The summed E-state index contributed by atoms with van der Waals surface area (Å²) >= 11 is 0. The molecular weight excluding hydrogens is 520 g/mol. The minimum atomic E-state index is -3.97. The zero-order valence-electron chi connectivity index (χ0n) is 21.4. The summed E-state index contributed by atoms with van der Waals surface area (Å²) in [6.45, 7) is 1.89. The molecule has 9 nitrogen and oxygen atoms in total. The number of nitrogens with zero attached hydrogens (tertiary/aromatic N) is 2. The first-order valence-corrected chi connectivity index (χ1v) is 14.4. The Kier molecular flexibility index (Phi) is 5.89. The van der Waals surface area contributed by atoms with E-state index in [9.17, 15) is 28.6 Å². The summed E-state index contributed by atoms with van der Waals surface area (Å²) < 4.78 is 32.6. The quantitative estimate of drug-likeness (QED) is 0.201. The van der Waals surface area contributed by atoms with Crippen LogP contribution in [0.1, 0.15) is 48.8 Å². The van der Waals surface area contributed by atoms with Crippen molar-refractivity contribution in [1.82, 2.24) is 0 Å². The minimum absolute atomic E-state index is 0.0268. The van der Waals surface area contributed by atoms with E-state index in [1.165, 1.54) is 24.3 Å². The zero-order valence-corrected chi connectivity index (χ0v) is 22.2. The Hall–Kier alpha value is -3.63. The van der Waals surface area contributed by atoms with E-state index in [1.807, 2.05) is 31.2 Å². The first-order chi connectivity index (χ1) is 18.5. The largest absolute Gasteiger partial charge is 0.297 e. The van der Waals surface area contributed by atoms with Crippen molar-refractivity contribution in [1.29, 1.82) is 0 Å². The lowest BCUT2D eigenvalue weighted by Gasteiger charge is -2.64. The molecule has 3 aromatic carbocycles. The van der Waals surface area contributed by atoms with E-state index in [0.717, 1.165) is 23.1 Å². The van der Waals surface area contributed by atoms with Crippen LogP contribution in [0.4, 0.5) is 11.4 Å². The van der Waals surface area contributed by atoms with Crippen molar-refractivity contribution in [3.8, 4) is 0 Å². The average Bonchev–Trinajstić information content (AvgIpc) is 2.91. The molecule has 0 spiro atoms. The van der Waals surface area contributed by atoms with Gasteiger partial charge in [0, 0.05) is 24.3 Å². The summed E-state index contributed by atoms with van der Waals surface area (Å²) in [6, 6.07) is 20.1. The second-order valence-electron chi connectivity index (χ2n) is 11.5. The van der Waals surface area contributed by atoms with Crippen molar-refractivity contribution < 1.29 is 22.4 Å². The minimum Gasteiger partial charge on any atom is -0.262 e. The molecule has 0 saturated heterocycles. The SMILES string of the molecule is Cc1ccc(S(=O)(=O)OC2C3CC4(c5ccc([N+](=O)[O-])cc5)CC2CC(c2ccc([N+](=O)[O-])cc2)(C3)C4)cc1. The highest BCUT2D eigenvalue weighted by Gasteiger charge is 2.63. The molecule has 0 aliphatic heterocycles. The number of hydrogen-bond donors (Lipinski definition) is 0. The molecule has 4 saturated carbocycles. The van der Waals surface area contributed by atoms with E-state index in [1.54, 1.807) is 24.3 Å². The summed E-state index contributed by atoms with van der Waals surface area (Å²) in [4.78, 5) is 21.8. The Labute approximate surface area is 226 Å². The lowest BCUT2D eigenvalue weighted by atomic mass is 9.41. The molecule has 10 heteroatoms. The van der Waals surface area contributed by atoms with Gasteiger partial charge in [0.15, 0.2) is 0 Å². The maximum absolute atomic E-state index is 13.3. The fourth-order valence-electron chi connectivity index (χ4n) is 7.72. The number of nitro groups is 2. The van der Waals surface area contributed by atoms with Crippen LogP contribution in [0.2, 0.25) is 0 Å². The van der Waals surface area contributed by atoms with Gasteiger partial charge in [0.2, 0.25) is 0 Å². The molecule has 0 N–H and O–H groups in total. The third kappa shape index (κ3) is 4.31. The number of rotatable bonds is 7. The third-order valence-electron chi connectivity index (χ3n) is 9.15. The molecule has 0 atom stereocenters. The summed E-state index contributed by atoms with van der Waals surface area (Å²) in [5, 5.41) is 22.5. The van der Waals surface area contributed by atoms with Crippen LogP contribution >= 0.6 is 0 Å². The molecule has 0 unspecified atom stereocenters. The molecule has 3 aromatic rings. The molecule has 39 heavy (non-hydrogen) atoms. The topological polar surface area (TPSA) is 130 Å². The molecule has 0 radical (unpaired) electrons. The van der Waals surface area contributed by atoms with Gasteiger partial charge in [0.25, 0.3) is 21.5 Å². The molecule has 0 aromatic heterocycles. The number of nitro benzene ring substituents is 2. The van der Waals surface area contributed by atoms with Gasteiger partial charge in [-0.3, -0.25) is 24.4 Å².